The van der Waals surface area contributed by atoms with E-state index in [2.05, 4.69) is 4.99 Å². The van der Waals surface area contributed by atoms with Crippen LogP contribution in [0.2, 0.25) is 0 Å². The third-order valence-corrected chi connectivity index (χ3v) is 0.710. The van der Waals surface area contributed by atoms with Crippen LogP contribution >= 0.6 is 0 Å². The van der Waals surface area contributed by atoms with Crippen LogP contribution < -0.4 is 0 Å². The van der Waals surface area contributed by atoms with Crippen molar-refractivity contribution in [2.45, 2.75) is 19.8 Å². The second-order valence-corrected chi connectivity index (χ2v) is 1.36. The van der Waals surface area contributed by atoms with Gasteiger partial charge in [0.05, 0.1) is 0 Å². The van der Waals surface area contributed by atoms with E-state index in [0.29, 0.717) is 13.0 Å². The summed E-state index contributed by atoms with van der Waals surface area (Å²) >= 11 is 0. The van der Waals surface area contributed by atoms with Crippen molar-refractivity contribution < 1.29 is 4.39 Å². The van der Waals surface area contributed by atoms with Crippen molar-refractivity contribution in [3.63, 3.8) is 0 Å². The number of rotatable bonds is 3. The van der Waals surface area contributed by atoms with Gasteiger partial charge in [0.2, 0.25) is 0 Å². The van der Waals surface area contributed by atoms with Gasteiger partial charge in [0, 0.05) is 6.54 Å². The zero-order chi connectivity index (χ0) is 5.54. The molecule has 0 aromatic rings. The Balaban J connectivity index is 2.69. The molecule has 2 heteroatoms. The van der Waals surface area contributed by atoms with E-state index in [1.165, 1.54) is 0 Å². The Morgan fingerprint density at radius 3 is 2.86 bits per heavy atom. The molecule has 0 spiro atoms. The molecule has 1 nitrogen and oxygen atoms in total. The zero-order valence-electron chi connectivity index (χ0n) is 4.52. The molecule has 0 rings (SSSR count). The van der Waals surface area contributed by atoms with Gasteiger partial charge in [0.1, 0.15) is 0 Å². The molecule has 42 valence electrons. The van der Waals surface area contributed by atoms with E-state index in [0.717, 1.165) is 12.8 Å². The second kappa shape index (κ2) is 5.60. The molecule has 0 atom stereocenters. The summed E-state index contributed by atoms with van der Waals surface area (Å²) in [5.41, 5.74) is 0. The van der Waals surface area contributed by atoms with Gasteiger partial charge in [-0.1, -0.05) is 13.3 Å². The van der Waals surface area contributed by atoms with Gasteiger partial charge in [0.25, 0.3) is 0 Å². The van der Waals surface area contributed by atoms with Crippen molar-refractivity contribution in [1.29, 1.82) is 0 Å². The number of unbranched alkanes of at least 4 members (excludes halogenated alkanes) is 1. The van der Waals surface area contributed by atoms with Crippen molar-refractivity contribution in [3.8, 4) is 0 Å². The highest BCUT2D eigenvalue weighted by molar-refractivity contribution is 5.43. The Bertz CT molecular complexity index is 52.0. The number of halogens is 1. The van der Waals surface area contributed by atoms with Gasteiger partial charge in [-0.25, -0.2) is 0 Å². The maximum atomic E-state index is 11.0. The van der Waals surface area contributed by atoms with E-state index in [9.17, 15) is 4.39 Å². The normalized spacial score (nSPS) is 10.6. The van der Waals surface area contributed by atoms with E-state index in [1.54, 1.807) is 0 Å². The largest absolute Gasteiger partial charge is 0.265 e. The topological polar surface area (TPSA) is 12.4 Å². The van der Waals surface area contributed by atoms with E-state index < -0.39 is 0 Å². The summed E-state index contributed by atoms with van der Waals surface area (Å²) in [6.45, 7) is 3.04. The SMILES string of the molecule is CCCCN=CF. The van der Waals surface area contributed by atoms with Crippen LogP contribution in [0.3, 0.4) is 0 Å². The molecule has 0 aromatic carbocycles. The number of hydrogen-bond donors (Lipinski definition) is 0. The van der Waals surface area contributed by atoms with Crippen LogP contribution in [0.25, 0.3) is 0 Å². The van der Waals surface area contributed by atoms with Gasteiger partial charge < -0.3 is 0 Å². The minimum absolute atomic E-state index is 0.357. The molecule has 0 aliphatic heterocycles. The van der Waals surface area contributed by atoms with Crippen LogP contribution in [-0.4, -0.2) is 13.0 Å². The summed E-state index contributed by atoms with van der Waals surface area (Å²) in [6.07, 6.45) is 2.07. The number of aliphatic imine (C=N–C) groups is 1. The monoisotopic (exact) mass is 103 g/mol. The molecule has 0 aliphatic carbocycles. The molecule has 0 amide bonds. The lowest BCUT2D eigenvalue weighted by molar-refractivity contribution is 0.777. The van der Waals surface area contributed by atoms with Crippen LogP contribution in [0.1, 0.15) is 19.8 Å². The Morgan fingerprint density at radius 2 is 2.43 bits per heavy atom. The maximum absolute atomic E-state index is 11.0. The maximum Gasteiger partial charge on any atom is 0.171 e. The number of hydrogen-bond acceptors (Lipinski definition) is 1. The summed E-state index contributed by atoms with van der Waals surface area (Å²) in [7, 11) is 0. The lowest BCUT2D eigenvalue weighted by atomic mass is 10.3. The molecule has 0 radical (unpaired) electrons. The summed E-state index contributed by atoms with van der Waals surface area (Å²) in [6, 6.07) is 0. The van der Waals surface area contributed by atoms with Gasteiger partial charge in [0.15, 0.2) is 6.47 Å². The molecule has 0 aliphatic rings. The van der Waals surface area contributed by atoms with Gasteiger partial charge in [-0.05, 0) is 6.42 Å². The predicted molar refractivity (Wildman–Crippen MR) is 29.4 cm³/mol. The quantitative estimate of drug-likeness (QED) is 0.381. The predicted octanol–water partition coefficient (Wildman–Crippen LogP) is 1.78. The highest BCUT2D eigenvalue weighted by Gasteiger charge is 1.74. The molecular weight excluding hydrogens is 93.1 g/mol. The highest BCUT2D eigenvalue weighted by Crippen LogP contribution is 1.84. The molecule has 0 unspecified atom stereocenters. The first-order chi connectivity index (χ1) is 3.41. The molecule has 0 aromatic heterocycles. The van der Waals surface area contributed by atoms with Crippen LogP contribution in [-0.2, 0) is 0 Å². The highest BCUT2D eigenvalue weighted by atomic mass is 19.1. The number of nitrogens with zero attached hydrogens (tertiary/aromatic N) is 1. The lowest BCUT2D eigenvalue weighted by Crippen LogP contribution is -1.75. The first-order valence-corrected chi connectivity index (χ1v) is 2.50. The van der Waals surface area contributed by atoms with Gasteiger partial charge in [-0.15, -0.1) is 0 Å². The van der Waals surface area contributed by atoms with Crippen molar-refractivity contribution >= 4 is 6.47 Å². The second-order valence-electron chi connectivity index (χ2n) is 1.36. The van der Waals surface area contributed by atoms with E-state index in [1.807, 2.05) is 6.92 Å². The van der Waals surface area contributed by atoms with Crippen LogP contribution in [0, 0.1) is 0 Å². The van der Waals surface area contributed by atoms with E-state index >= 15 is 0 Å². The summed E-state index contributed by atoms with van der Waals surface area (Å²) in [5, 5.41) is 0. The molecule has 0 saturated heterocycles. The Labute approximate surface area is 43.3 Å². The van der Waals surface area contributed by atoms with Crippen LogP contribution in [0.5, 0.6) is 0 Å². The smallest absolute Gasteiger partial charge is 0.171 e. The molecule has 0 bridgehead atoms. The molecule has 0 fully saturated rings. The molecule has 0 saturated carbocycles. The molecular formula is C5H10FN. The van der Waals surface area contributed by atoms with E-state index in [-0.39, 0.29) is 0 Å². The molecule has 7 heavy (non-hydrogen) atoms. The van der Waals surface area contributed by atoms with Crippen molar-refractivity contribution in [2.24, 2.45) is 4.99 Å². The Kier molecular flexibility index (Phi) is 5.28. The third kappa shape index (κ3) is 5.60. The van der Waals surface area contributed by atoms with Crippen LogP contribution in [0.4, 0.5) is 4.39 Å². The first kappa shape index (κ1) is 6.60. The van der Waals surface area contributed by atoms with Gasteiger partial charge >= 0.3 is 0 Å². The average Bonchev–Trinajstić information content (AvgIpc) is 1.69. The van der Waals surface area contributed by atoms with Crippen LogP contribution in [0.15, 0.2) is 4.99 Å². The fourth-order valence-electron chi connectivity index (χ4n) is 0.298. The fourth-order valence-corrected chi connectivity index (χ4v) is 0.298. The Morgan fingerprint density at radius 1 is 1.71 bits per heavy atom. The van der Waals surface area contributed by atoms with Crippen molar-refractivity contribution in [2.75, 3.05) is 6.54 Å². The molecule has 0 N–H and O–H groups in total. The van der Waals surface area contributed by atoms with Gasteiger partial charge in [-0.3, -0.25) is 4.99 Å². The first-order valence-electron chi connectivity index (χ1n) is 2.50. The summed E-state index contributed by atoms with van der Waals surface area (Å²) in [5.74, 6) is 0. The zero-order valence-corrected chi connectivity index (χ0v) is 4.52. The summed E-state index contributed by atoms with van der Waals surface area (Å²) < 4.78 is 11.0. The average molecular weight is 103 g/mol. The lowest BCUT2D eigenvalue weighted by Gasteiger charge is -1.83. The van der Waals surface area contributed by atoms with Crippen molar-refractivity contribution in [1.82, 2.24) is 0 Å². The van der Waals surface area contributed by atoms with E-state index in [4.69, 9.17) is 0 Å². The standard InChI is InChI=1S/C5H10FN/c1-2-3-4-7-5-6/h5H,2-4H2,1H3. The third-order valence-electron chi connectivity index (χ3n) is 0.710. The molecule has 0 heterocycles. The fraction of sp³-hybridized carbons (Fsp3) is 0.800. The minimum atomic E-state index is 0.357. The minimum Gasteiger partial charge on any atom is -0.265 e. The Hall–Kier alpha value is -0.400. The van der Waals surface area contributed by atoms with Gasteiger partial charge in [-0.2, -0.15) is 4.39 Å². The van der Waals surface area contributed by atoms with Crippen molar-refractivity contribution in [3.05, 3.63) is 0 Å². The summed E-state index contributed by atoms with van der Waals surface area (Å²) in [4.78, 5) is 3.37.